The minimum Gasteiger partial charge on any atom is -0.466 e. The minimum atomic E-state index is -1.10. The number of rotatable bonds is 7. The SMILES string of the molecule is CCNC(=NCc1ccc(N2CCSCC2)cc1)NCC(C)(O)c1ccco1. The molecule has 0 bridgehead atoms. The molecule has 2 aromatic rings. The van der Waals surface area contributed by atoms with Crippen LogP contribution in [0.5, 0.6) is 0 Å². The van der Waals surface area contributed by atoms with Gasteiger partial charge in [-0.3, -0.25) is 0 Å². The van der Waals surface area contributed by atoms with E-state index in [1.54, 1.807) is 25.3 Å². The third-order valence-corrected chi connectivity index (χ3v) is 5.67. The summed E-state index contributed by atoms with van der Waals surface area (Å²) >= 11 is 2.02. The maximum absolute atomic E-state index is 10.6. The highest BCUT2D eigenvalue weighted by molar-refractivity contribution is 7.99. The Hall–Kier alpha value is -2.12. The van der Waals surface area contributed by atoms with E-state index in [-0.39, 0.29) is 0 Å². The van der Waals surface area contributed by atoms with Crippen molar-refractivity contribution >= 4 is 23.4 Å². The van der Waals surface area contributed by atoms with E-state index < -0.39 is 5.60 Å². The average molecular weight is 403 g/mol. The number of guanidine groups is 1. The van der Waals surface area contributed by atoms with Gasteiger partial charge in [0.1, 0.15) is 11.4 Å². The fourth-order valence-corrected chi connectivity index (χ4v) is 3.98. The number of thioether (sulfide) groups is 1. The molecule has 0 saturated carbocycles. The third-order valence-electron chi connectivity index (χ3n) is 4.73. The van der Waals surface area contributed by atoms with E-state index in [0.717, 1.165) is 25.2 Å². The van der Waals surface area contributed by atoms with Gasteiger partial charge in [-0.25, -0.2) is 4.99 Å². The summed E-state index contributed by atoms with van der Waals surface area (Å²) in [6.45, 7) is 7.61. The summed E-state index contributed by atoms with van der Waals surface area (Å²) in [4.78, 5) is 7.08. The van der Waals surface area contributed by atoms with Gasteiger partial charge in [-0.2, -0.15) is 11.8 Å². The number of anilines is 1. The standard InChI is InChI=1S/C21H30N4O2S/c1-3-22-20(24-16-21(2,26)19-5-4-12-27-19)23-15-17-6-8-18(9-7-17)25-10-13-28-14-11-25/h4-9,12,26H,3,10-11,13-16H2,1-2H3,(H2,22,23,24). The van der Waals surface area contributed by atoms with Gasteiger partial charge in [0.05, 0.1) is 19.4 Å². The molecule has 1 unspecified atom stereocenters. The van der Waals surface area contributed by atoms with E-state index in [9.17, 15) is 5.11 Å². The Morgan fingerprint density at radius 3 is 2.61 bits per heavy atom. The molecule has 7 heteroatoms. The number of nitrogens with zero attached hydrogens (tertiary/aromatic N) is 2. The molecular formula is C21H30N4O2S. The van der Waals surface area contributed by atoms with Crippen LogP contribution in [0.1, 0.15) is 25.2 Å². The summed E-state index contributed by atoms with van der Waals surface area (Å²) in [6, 6.07) is 12.2. The van der Waals surface area contributed by atoms with E-state index in [0.29, 0.717) is 24.8 Å². The summed E-state index contributed by atoms with van der Waals surface area (Å²) < 4.78 is 5.33. The Bertz CT molecular complexity index is 738. The van der Waals surface area contributed by atoms with Crippen LogP contribution in [0.25, 0.3) is 0 Å². The Morgan fingerprint density at radius 2 is 1.96 bits per heavy atom. The zero-order valence-electron chi connectivity index (χ0n) is 16.6. The Labute approximate surface area is 171 Å². The normalized spacial score (nSPS) is 17.2. The molecule has 1 aromatic carbocycles. The summed E-state index contributed by atoms with van der Waals surface area (Å²) in [5.74, 6) is 3.60. The highest BCUT2D eigenvalue weighted by atomic mass is 32.2. The maximum atomic E-state index is 10.6. The first-order valence-corrected chi connectivity index (χ1v) is 10.9. The predicted molar refractivity (Wildman–Crippen MR) is 117 cm³/mol. The molecule has 28 heavy (non-hydrogen) atoms. The first-order valence-electron chi connectivity index (χ1n) is 9.78. The van der Waals surface area contributed by atoms with Crippen molar-refractivity contribution in [2.45, 2.75) is 26.0 Å². The van der Waals surface area contributed by atoms with Crippen LogP contribution in [0.15, 0.2) is 52.1 Å². The number of furan rings is 1. The number of nitrogens with one attached hydrogen (secondary N) is 2. The van der Waals surface area contributed by atoms with Crippen LogP contribution in [-0.2, 0) is 12.1 Å². The lowest BCUT2D eigenvalue weighted by Gasteiger charge is -2.28. The van der Waals surface area contributed by atoms with Crippen LogP contribution in [0.2, 0.25) is 0 Å². The molecule has 3 rings (SSSR count). The van der Waals surface area contributed by atoms with Crippen molar-refractivity contribution in [3.8, 4) is 0 Å². The zero-order valence-corrected chi connectivity index (χ0v) is 17.5. The Balaban J connectivity index is 1.57. The van der Waals surface area contributed by atoms with Crippen molar-refractivity contribution in [1.29, 1.82) is 0 Å². The lowest BCUT2D eigenvalue weighted by atomic mass is 10.0. The van der Waals surface area contributed by atoms with Crippen molar-refractivity contribution < 1.29 is 9.52 Å². The van der Waals surface area contributed by atoms with Gasteiger partial charge in [0.15, 0.2) is 5.96 Å². The van der Waals surface area contributed by atoms with Crippen molar-refractivity contribution in [2.75, 3.05) is 42.6 Å². The van der Waals surface area contributed by atoms with E-state index in [4.69, 9.17) is 4.42 Å². The van der Waals surface area contributed by atoms with Gasteiger partial charge in [0.25, 0.3) is 0 Å². The van der Waals surface area contributed by atoms with Gasteiger partial charge in [-0.05, 0) is 43.7 Å². The topological polar surface area (TPSA) is 73.0 Å². The molecular weight excluding hydrogens is 372 g/mol. The second-order valence-electron chi connectivity index (χ2n) is 7.07. The predicted octanol–water partition coefficient (Wildman–Crippen LogP) is 2.80. The molecule has 1 saturated heterocycles. The van der Waals surface area contributed by atoms with E-state index in [1.807, 2.05) is 18.7 Å². The molecule has 0 aliphatic carbocycles. The average Bonchev–Trinajstić information content (AvgIpc) is 3.27. The highest BCUT2D eigenvalue weighted by Crippen LogP contribution is 2.21. The third kappa shape index (κ3) is 5.69. The molecule has 0 amide bonds. The second kappa shape index (κ2) is 9.89. The van der Waals surface area contributed by atoms with Crippen molar-refractivity contribution in [2.24, 2.45) is 4.99 Å². The fourth-order valence-electron chi connectivity index (χ4n) is 3.07. The number of aliphatic hydroxyl groups is 1. The molecule has 6 nitrogen and oxygen atoms in total. The fraction of sp³-hybridized carbons (Fsp3) is 0.476. The summed E-state index contributed by atoms with van der Waals surface area (Å²) in [5.41, 5.74) is 1.34. The maximum Gasteiger partial charge on any atom is 0.191 e. The molecule has 1 atom stereocenters. The van der Waals surface area contributed by atoms with Crippen molar-refractivity contribution in [3.05, 3.63) is 54.0 Å². The molecule has 0 spiro atoms. The smallest absolute Gasteiger partial charge is 0.191 e. The summed E-state index contributed by atoms with van der Waals surface area (Å²) in [7, 11) is 0. The quantitative estimate of drug-likeness (QED) is 0.489. The molecule has 1 aliphatic rings. The van der Waals surface area contributed by atoms with E-state index >= 15 is 0 Å². The van der Waals surface area contributed by atoms with Gasteiger partial charge in [-0.1, -0.05) is 12.1 Å². The minimum absolute atomic E-state index is 0.304. The number of hydrogen-bond donors (Lipinski definition) is 3. The highest BCUT2D eigenvalue weighted by Gasteiger charge is 2.26. The van der Waals surface area contributed by atoms with Crippen LogP contribution < -0.4 is 15.5 Å². The monoisotopic (exact) mass is 402 g/mol. The first-order chi connectivity index (χ1) is 13.6. The number of benzene rings is 1. The van der Waals surface area contributed by atoms with Crippen LogP contribution >= 0.6 is 11.8 Å². The van der Waals surface area contributed by atoms with Gasteiger partial charge >= 0.3 is 0 Å². The molecule has 1 aromatic heterocycles. The summed E-state index contributed by atoms with van der Waals surface area (Å²) in [5, 5.41) is 17.0. The Kier molecular flexibility index (Phi) is 7.28. The first kappa shape index (κ1) is 20.6. The number of aliphatic imine (C=N–C) groups is 1. The molecule has 1 aliphatic heterocycles. The van der Waals surface area contributed by atoms with Crippen molar-refractivity contribution in [3.63, 3.8) is 0 Å². The van der Waals surface area contributed by atoms with Crippen molar-refractivity contribution in [1.82, 2.24) is 10.6 Å². The van der Waals surface area contributed by atoms with Gasteiger partial charge in [0, 0.05) is 36.8 Å². The molecule has 0 radical (unpaired) electrons. The van der Waals surface area contributed by atoms with E-state index in [2.05, 4.69) is 44.8 Å². The number of hydrogen-bond acceptors (Lipinski definition) is 5. The van der Waals surface area contributed by atoms with Gasteiger partial charge in [0.2, 0.25) is 0 Å². The molecule has 1 fully saturated rings. The summed E-state index contributed by atoms with van der Waals surface area (Å²) in [6.07, 6.45) is 1.56. The largest absolute Gasteiger partial charge is 0.466 e. The van der Waals surface area contributed by atoms with Crippen LogP contribution in [0.4, 0.5) is 5.69 Å². The van der Waals surface area contributed by atoms with Crippen LogP contribution in [-0.4, -0.2) is 48.8 Å². The Morgan fingerprint density at radius 1 is 1.21 bits per heavy atom. The molecule has 3 N–H and O–H groups in total. The van der Waals surface area contributed by atoms with Gasteiger partial charge in [-0.15, -0.1) is 0 Å². The zero-order chi connectivity index (χ0) is 19.8. The van der Waals surface area contributed by atoms with Crippen LogP contribution in [0, 0.1) is 0 Å². The molecule has 2 heterocycles. The second-order valence-corrected chi connectivity index (χ2v) is 8.29. The van der Waals surface area contributed by atoms with Crippen LogP contribution in [0.3, 0.4) is 0 Å². The lowest BCUT2D eigenvalue weighted by Crippen LogP contribution is -2.44. The lowest BCUT2D eigenvalue weighted by molar-refractivity contribution is 0.0386. The van der Waals surface area contributed by atoms with E-state index in [1.165, 1.54) is 17.2 Å². The van der Waals surface area contributed by atoms with Gasteiger partial charge < -0.3 is 25.1 Å². The molecule has 152 valence electrons.